The summed E-state index contributed by atoms with van der Waals surface area (Å²) in [5, 5.41) is 5.61. The molecule has 25 heavy (non-hydrogen) atoms. The molecule has 2 aromatic rings. The fraction of sp³-hybridized carbons (Fsp3) is 0.263. The maximum atomic E-state index is 12.0. The highest BCUT2D eigenvalue weighted by Crippen LogP contribution is 2.22. The lowest BCUT2D eigenvalue weighted by atomic mass is 10.2. The van der Waals surface area contributed by atoms with Crippen LogP contribution in [0, 0.1) is 0 Å². The van der Waals surface area contributed by atoms with Gasteiger partial charge in [0.2, 0.25) is 11.8 Å². The number of hydrogen-bond donors (Lipinski definition) is 2. The van der Waals surface area contributed by atoms with Crippen molar-refractivity contribution in [3.05, 3.63) is 48.5 Å². The number of thioether (sulfide) groups is 1. The van der Waals surface area contributed by atoms with E-state index in [1.54, 1.807) is 31.2 Å². The third kappa shape index (κ3) is 6.51. The van der Waals surface area contributed by atoms with Crippen molar-refractivity contribution in [3.8, 4) is 5.75 Å². The number of amides is 2. The second kappa shape index (κ2) is 9.74. The molecule has 0 saturated carbocycles. The predicted molar refractivity (Wildman–Crippen MR) is 102 cm³/mol. The zero-order valence-corrected chi connectivity index (χ0v) is 15.2. The molecule has 0 unspecified atom stereocenters. The summed E-state index contributed by atoms with van der Waals surface area (Å²) in [5.41, 5.74) is 1.42. The van der Waals surface area contributed by atoms with Gasteiger partial charge in [-0.2, -0.15) is 0 Å². The summed E-state index contributed by atoms with van der Waals surface area (Å²) in [7, 11) is 0. The number of ether oxygens (including phenoxy) is 1. The van der Waals surface area contributed by atoms with Crippen LogP contribution in [0.4, 0.5) is 11.4 Å². The average molecular weight is 358 g/mol. The van der Waals surface area contributed by atoms with E-state index in [2.05, 4.69) is 10.6 Å². The van der Waals surface area contributed by atoms with E-state index in [9.17, 15) is 9.59 Å². The Labute approximate surface area is 152 Å². The molecular formula is C19H22N2O3S. The van der Waals surface area contributed by atoms with E-state index in [0.29, 0.717) is 30.2 Å². The van der Waals surface area contributed by atoms with Crippen molar-refractivity contribution in [3.63, 3.8) is 0 Å². The van der Waals surface area contributed by atoms with Gasteiger partial charge in [0.15, 0.2) is 0 Å². The molecule has 0 heterocycles. The van der Waals surface area contributed by atoms with Crippen molar-refractivity contribution in [2.24, 2.45) is 0 Å². The smallest absolute Gasteiger partial charge is 0.234 e. The summed E-state index contributed by atoms with van der Waals surface area (Å²) in [6.07, 6.45) is 0.432. The molecule has 2 amide bonds. The topological polar surface area (TPSA) is 67.4 Å². The molecule has 0 fully saturated rings. The van der Waals surface area contributed by atoms with Crippen molar-refractivity contribution in [2.45, 2.75) is 25.2 Å². The van der Waals surface area contributed by atoms with Crippen LogP contribution in [0.25, 0.3) is 0 Å². The molecule has 0 radical (unpaired) electrons. The van der Waals surface area contributed by atoms with Crippen LogP contribution in [0.3, 0.4) is 0 Å². The Hall–Kier alpha value is -2.47. The van der Waals surface area contributed by atoms with Crippen molar-refractivity contribution in [1.29, 1.82) is 0 Å². The van der Waals surface area contributed by atoms with Gasteiger partial charge in [0.25, 0.3) is 0 Å². The van der Waals surface area contributed by atoms with Gasteiger partial charge in [0, 0.05) is 22.7 Å². The minimum Gasteiger partial charge on any atom is -0.494 e. The van der Waals surface area contributed by atoms with Gasteiger partial charge in [-0.25, -0.2) is 0 Å². The predicted octanol–water partition coefficient (Wildman–Crippen LogP) is 4.16. The van der Waals surface area contributed by atoms with E-state index in [1.165, 1.54) is 11.8 Å². The molecule has 2 rings (SSSR count). The van der Waals surface area contributed by atoms with Crippen LogP contribution in [-0.4, -0.2) is 24.2 Å². The van der Waals surface area contributed by atoms with Gasteiger partial charge in [0.1, 0.15) is 5.75 Å². The number of nitrogens with one attached hydrogen (secondary N) is 2. The van der Waals surface area contributed by atoms with Crippen molar-refractivity contribution in [2.75, 3.05) is 23.0 Å². The highest BCUT2D eigenvalue weighted by atomic mass is 32.2. The number of benzene rings is 2. The van der Waals surface area contributed by atoms with E-state index in [-0.39, 0.29) is 11.8 Å². The first-order valence-electron chi connectivity index (χ1n) is 8.16. The number of anilines is 2. The molecule has 0 aromatic heterocycles. The molecule has 5 nitrogen and oxygen atoms in total. The molecule has 0 aliphatic rings. The van der Waals surface area contributed by atoms with Crippen LogP contribution in [0.1, 0.15) is 20.3 Å². The highest BCUT2D eigenvalue weighted by Gasteiger charge is 2.05. The fourth-order valence-corrected chi connectivity index (χ4v) is 2.73. The lowest BCUT2D eigenvalue weighted by molar-refractivity contribution is -0.116. The summed E-state index contributed by atoms with van der Waals surface area (Å²) >= 11 is 1.46. The van der Waals surface area contributed by atoms with Gasteiger partial charge >= 0.3 is 0 Å². The summed E-state index contributed by atoms with van der Waals surface area (Å²) < 4.78 is 5.39. The molecule has 0 saturated heterocycles. The Morgan fingerprint density at radius 3 is 1.96 bits per heavy atom. The zero-order valence-electron chi connectivity index (χ0n) is 14.4. The molecule has 0 atom stereocenters. The Balaban J connectivity index is 1.80. The first-order valence-corrected chi connectivity index (χ1v) is 9.14. The molecule has 132 valence electrons. The summed E-state index contributed by atoms with van der Waals surface area (Å²) in [5.74, 6) is 1.03. The maximum absolute atomic E-state index is 12.0. The lowest BCUT2D eigenvalue weighted by Crippen LogP contribution is -2.14. The molecule has 2 N–H and O–H groups in total. The summed E-state index contributed by atoms with van der Waals surface area (Å²) in [6.45, 7) is 4.37. The van der Waals surface area contributed by atoms with Crippen molar-refractivity contribution >= 4 is 35.0 Å². The summed E-state index contributed by atoms with van der Waals surface area (Å²) in [4.78, 5) is 24.4. The third-order valence-electron chi connectivity index (χ3n) is 3.28. The van der Waals surface area contributed by atoms with Crippen LogP contribution in [0.15, 0.2) is 53.4 Å². The average Bonchev–Trinajstić information content (AvgIpc) is 2.63. The molecule has 0 aliphatic carbocycles. The van der Waals surface area contributed by atoms with E-state index in [1.807, 2.05) is 31.2 Å². The van der Waals surface area contributed by atoms with Crippen LogP contribution >= 0.6 is 11.8 Å². The van der Waals surface area contributed by atoms with Gasteiger partial charge in [-0.1, -0.05) is 6.92 Å². The van der Waals surface area contributed by atoms with Crippen molar-refractivity contribution < 1.29 is 14.3 Å². The van der Waals surface area contributed by atoms with Gasteiger partial charge in [-0.3, -0.25) is 9.59 Å². The Morgan fingerprint density at radius 1 is 0.880 bits per heavy atom. The van der Waals surface area contributed by atoms with E-state index >= 15 is 0 Å². The van der Waals surface area contributed by atoms with E-state index in [4.69, 9.17) is 4.74 Å². The quantitative estimate of drug-likeness (QED) is 0.695. The molecule has 0 aliphatic heterocycles. The third-order valence-corrected chi connectivity index (χ3v) is 4.29. The SMILES string of the molecule is CCOc1ccc(SCC(=O)Nc2ccc(NC(=O)CC)cc2)cc1. The van der Waals surface area contributed by atoms with Crippen molar-refractivity contribution in [1.82, 2.24) is 0 Å². The van der Waals surface area contributed by atoms with Gasteiger partial charge < -0.3 is 15.4 Å². The Bertz CT molecular complexity index is 700. The van der Waals surface area contributed by atoms with Gasteiger partial charge in [-0.15, -0.1) is 11.8 Å². The number of hydrogen-bond acceptors (Lipinski definition) is 4. The summed E-state index contributed by atoms with van der Waals surface area (Å²) in [6, 6.07) is 14.7. The minimum atomic E-state index is -0.0794. The Morgan fingerprint density at radius 2 is 1.44 bits per heavy atom. The molecular weight excluding hydrogens is 336 g/mol. The van der Waals surface area contributed by atoms with Gasteiger partial charge in [-0.05, 0) is 55.5 Å². The lowest BCUT2D eigenvalue weighted by Gasteiger charge is -2.08. The van der Waals surface area contributed by atoms with Crippen LogP contribution in [0.5, 0.6) is 5.75 Å². The van der Waals surface area contributed by atoms with Crippen LogP contribution < -0.4 is 15.4 Å². The van der Waals surface area contributed by atoms with E-state index in [0.717, 1.165) is 10.6 Å². The first-order chi connectivity index (χ1) is 12.1. The fourth-order valence-electron chi connectivity index (χ4n) is 2.03. The number of carbonyl (C=O) groups is 2. The monoisotopic (exact) mass is 358 g/mol. The highest BCUT2D eigenvalue weighted by molar-refractivity contribution is 8.00. The Kier molecular flexibility index (Phi) is 7.35. The zero-order chi connectivity index (χ0) is 18.1. The minimum absolute atomic E-state index is 0.0384. The maximum Gasteiger partial charge on any atom is 0.234 e. The second-order valence-corrected chi connectivity index (χ2v) is 6.27. The second-order valence-electron chi connectivity index (χ2n) is 5.22. The largest absolute Gasteiger partial charge is 0.494 e. The molecule has 0 bridgehead atoms. The van der Waals surface area contributed by atoms with Crippen LogP contribution in [0.2, 0.25) is 0 Å². The molecule has 6 heteroatoms. The first kappa shape index (κ1) is 18.9. The molecule has 2 aromatic carbocycles. The number of rotatable bonds is 8. The van der Waals surface area contributed by atoms with Crippen LogP contribution in [-0.2, 0) is 9.59 Å². The molecule has 0 spiro atoms. The number of carbonyl (C=O) groups excluding carboxylic acids is 2. The van der Waals surface area contributed by atoms with Gasteiger partial charge in [0.05, 0.1) is 12.4 Å². The normalized spacial score (nSPS) is 10.2. The van der Waals surface area contributed by atoms with E-state index < -0.39 is 0 Å². The standard InChI is InChI=1S/C19H22N2O3S/c1-3-18(22)20-14-5-7-15(8-6-14)21-19(23)13-25-17-11-9-16(10-12-17)24-4-2/h5-12H,3-4,13H2,1-2H3,(H,20,22)(H,21,23).